The summed E-state index contributed by atoms with van der Waals surface area (Å²) in [6.07, 6.45) is 0. The number of ether oxygens (including phenoxy) is 1. The molecule has 4 aromatic rings. The largest absolute Gasteiger partial charge is 0.496 e. The summed E-state index contributed by atoms with van der Waals surface area (Å²) in [5.41, 5.74) is 3.21. The number of carbonyl (C=O) groups excluding carboxylic acids is 1. The van der Waals surface area contributed by atoms with E-state index in [0.717, 1.165) is 22.4 Å². The quantitative estimate of drug-likeness (QED) is 0.441. The van der Waals surface area contributed by atoms with Gasteiger partial charge < -0.3 is 14.6 Å². The molecule has 0 saturated carbocycles. The van der Waals surface area contributed by atoms with Gasteiger partial charge in [-0.3, -0.25) is 4.79 Å². The van der Waals surface area contributed by atoms with Crippen LogP contribution in [0.2, 0.25) is 10.0 Å². The maximum Gasteiger partial charge on any atom is 0.255 e. The van der Waals surface area contributed by atoms with Crippen molar-refractivity contribution in [2.75, 3.05) is 7.11 Å². The zero-order chi connectivity index (χ0) is 21.1. The molecule has 0 aliphatic rings. The number of amides is 1. The third kappa shape index (κ3) is 4.13. The molecule has 152 valence electrons. The summed E-state index contributed by atoms with van der Waals surface area (Å²) in [5, 5.41) is 4.12. The van der Waals surface area contributed by atoms with E-state index in [4.69, 9.17) is 32.9 Å². The second kappa shape index (κ2) is 8.78. The van der Waals surface area contributed by atoms with Crippen LogP contribution in [0.4, 0.5) is 0 Å². The average molecular weight is 440 g/mol. The molecule has 4 rings (SSSR count). The highest BCUT2D eigenvalue weighted by molar-refractivity contribution is 6.35. The predicted molar refractivity (Wildman–Crippen MR) is 119 cm³/mol. The molecule has 0 aliphatic carbocycles. The smallest absolute Gasteiger partial charge is 0.255 e. The van der Waals surface area contributed by atoms with E-state index < -0.39 is 0 Å². The van der Waals surface area contributed by atoms with Crippen molar-refractivity contribution in [2.24, 2.45) is 0 Å². The number of imidazole rings is 1. The number of nitrogens with zero attached hydrogens (tertiary/aromatic N) is 2. The number of para-hydroxylation sites is 3. The predicted octanol–water partition coefficient (Wildman–Crippen LogP) is 5.33. The van der Waals surface area contributed by atoms with Crippen LogP contribution in [-0.2, 0) is 13.1 Å². The molecule has 0 unspecified atom stereocenters. The molecule has 0 radical (unpaired) electrons. The van der Waals surface area contributed by atoms with E-state index in [2.05, 4.69) is 5.32 Å². The monoisotopic (exact) mass is 439 g/mol. The van der Waals surface area contributed by atoms with Gasteiger partial charge in [-0.15, -0.1) is 0 Å². The van der Waals surface area contributed by atoms with Crippen LogP contribution in [0, 0.1) is 0 Å². The number of aromatic nitrogens is 2. The lowest BCUT2D eigenvalue weighted by Gasteiger charge is -2.13. The molecule has 0 atom stereocenters. The summed E-state index contributed by atoms with van der Waals surface area (Å²) >= 11 is 12.4. The molecular formula is C23H19Cl2N3O2. The molecule has 0 spiro atoms. The van der Waals surface area contributed by atoms with Crippen LogP contribution in [0.3, 0.4) is 0 Å². The number of rotatable bonds is 6. The third-order valence-electron chi connectivity index (χ3n) is 4.84. The molecule has 1 N–H and O–H groups in total. The Balaban J connectivity index is 1.64. The Labute approximate surface area is 184 Å². The third-order valence-corrected chi connectivity index (χ3v) is 5.42. The number of fused-ring (bicyclic) bond motifs is 1. The number of benzene rings is 3. The number of halogens is 2. The molecule has 0 bridgehead atoms. The lowest BCUT2D eigenvalue weighted by Crippen LogP contribution is -2.25. The molecule has 3 aromatic carbocycles. The van der Waals surface area contributed by atoms with E-state index in [1.165, 1.54) is 0 Å². The first-order valence-electron chi connectivity index (χ1n) is 9.36. The number of hydrogen-bond acceptors (Lipinski definition) is 3. The van der Waals surface area contributed by atoms with Crippen molar-refractivity contribution >= 4 is 40.1 Å². The Morgan fingerprint density at radius 2 is 1.83 bits per heavy atom. The van der Waals surface area contributed by atoms with E-state index in [0.29, 0.717) is 27.9 Å². The first kappa shape index (κ1) is 20.3. The van der Waals surface area contributed by atoms with Crippen molar-refractivity contribution in [3.63, 3.8) is 0 Å². The lowest BCUT2D eigenvalue weighted by atomic mass is 10.2. The molecule has 0 aliphatic heterocycles. The molecule has 5 nitrogen and oxygen atoms in total. The standard InChI is InChI=1S/C23H19Cl2N3O2/c1-30-21-9-5-2-6-17(21)23(29)26-13-22-27-19-7-3-4-8-20(19)28(22)14-15-10-11-16(24)12-18(15)25/h2-12H,13-14H2,1H3,(H,26,29). The fraction of sp³-hybridized carbons (Fsp3) is 0.130. The van der Waals surface area contributed by atoms with E-state index in [1.807, 2.05) is 47.0 Å². The zero-order valence-corrected chi connectivity index (χ0v) is 17.7. The molecular weight excluding hydrogens is 421 g/mol. The maximum absolute atomic E-state index is 12.7. The maximum atomic E-state index is 12.7. The Morgan fingerprint density at radius 1 is 1.07 bits per heavy atom. The van der Waals surface area contributed by atoms with Crippen LogP contribution in [0.15, 0.2) is 66.7 Å². The Kier molecular flexibility index (Phi) is 5.93. The minimum absolute atomic E-state index is 0.226. The second-order valence-electron chi connectivity index (χ2n) is 6.72. The fourth-order valence-corrected chi connectivity index (χ4v) is 3.81. The highest BCUT2D eigenvalue weighted by Gasteiger charge is 2.16. The van der Waals surface area contributed by atoms with Gasteiger partial charge in [-0.25, -0.2) is 4.98 Å². The van der Waals surface area contributed by atoms with Crippen molar-refractivity contribution in [1.29, 1.82) is 0 Å². The van der Waals surface area contributed by atoms with Crippen LogP contribution in [0.25, 0.3) is 11.0 Å². The van der Waals surface area contributed by atoms with E-state index in [1.54, 1.807) is 31.4 Å². The van der Waals surface area contributed by atoms with Gasteiger partial charge in [0.25, 0.3) is 5.91 Å². The minimum Gasteiger partial charge on any atom is -0.496 e. The lowest BCUT2D eigenvalue weighted by molar-refractivity contribution is 0.0946. The van der Waals surface area contributed by atoms with Crippen LogP contribution < -0.4 is 10.1 Å². The van der Waals surface area contributed by atoms with Gasteiger partial charge in [0.1, 0.15) is 11.6 Å². The first-order chi connectivity index (χ1) is 14.6. The van der Waals surface area contributed by atoms with E-state index in [-0.39, 0.29) is 12.5 Å². The second-order valence-corrected chi connectivity index (χ2v) is 7.57. The van der Waals surface area contributed by atoms with Gasteiger partial charge in [-0.2, -0.15) is 0 Å². The summed E-state index contributed by atoms with van der Waals surface area (Å²) in [4.78, 5) is 17.4. The molecule has 0 saturated heterocycles. The van der Waals surface area contributed by atoms with Crippen molar-refractivity contribution in [3.05, 3.63) is 93.7 Å². The van der Waals surface area contributed by atoms with Crippen molar-refractivity contribution in [1.82, 2.24) is 14.9 Å². The number of hydrogen-bond donors (Lipinski definition) is 1. The molecule has 1 aromatic heterocycles. The fourth-order valence-electron chi connectivity index (χ4n) is 3.34. The van der Waals surface area contributed by atoms with Gasteiger partial charge in [-0.1, -0.05) is 53.5 Å². The molecule has 0 fully saturated rings. The van der Waals surface area contributed by atoms with Crippen LogP contribution in [0.5, 0.6) is 5.75 Å². The van der Waals surface area contributed by atoms with E-state index in [9.17, 15) is 4.79 Å². The number of carbonyl (C=O) groups is 1. The Bertz CT molecular complexity index is 1220. The van der Waals surface area contributed by atoms with Crippen LogP contribution >= 0.6 is 23.2 Å². The van der Waals surface area contributed by atoms with Gasteiger partial charge in [0.2, 0.25) is 0 Å². The van der Waals surface area contributed by atoms with Crippen molar-refractivity contribution < 1.29 is 9.53 Å². The van der Waals surface area contributed by atoms with Gasteiger partial charge >= 0.3 is 0 Å². The SMILES string of the molecule is COc1ccccc1C(=O)NCc1nc2ccccc2n1Cc1ccc(Cl)cc1Cl. The summed E-state index contributed by atoms with van der Waals surface area (Å²) in [6.45, 7) is 0.771. The first-order valence-corrected chi connectivity index (χ1v) is 10.1. The van der Waals surface area contributed by atoms with Crippen LogP contribution in [0.1, 0.15) is 21.7 Å². The normalized spacial score (nSPS) is 10.9. The van der Waals surface area contributed by atoms with E-state index >= 15 is 0 Å². The Hall–Kier alpha value is -3.02. The minimum atomic E-state index is -0.226. The van der Waals surface area contributed by atoms with Gasteiger partial charge in [0.15, 0.2) is 0 Å². The van der Waals surface area contributed by atoms with Crippen molar-refractivity contribution in [2.45, 2.75) is 13.1 Å². The summed E-state index contributed by atoms with van der Waals surface area (Å²) in [6, 6.07) is 20.4. The zero-order valence-electron chi connectivity index (χ0n) is 16.2. The molecule has 7 heteroatoms. The topological polar surface area (TPSA) is 56.1 Å². The number of nitrogens with one attached hydrogen (secondary N) is 1. The van der Waals surface area contributed by atoms with Gasteiger partial charge in [0.05, 0.1) is 36.8 Å². The molecule has 1 heterocycles. The summed E-state index contributed by atoms with van der Waals surface area (Å²) in [5.74, 6) is 1.03. The number of methoxy groups -OCH3 is 1. The average Bonchev–Trinajstić information content (AvgIpc) is 3.11. The van der Waals surface area contributed by atoms with Crippen molar-refractivity contribution in [3.8, 4) is 5.75 Å². The van der Waals surface area contributed by atoms with Gasteiger partial charge in [-0.05, 0) is 42.0 Å². The van der Waals surface area contributed by atoms with Crippen LogP contribution in [-0.4, -0.2) is 22.6 Å². The molecule has 30 heavy (non-hydrogen) atoms. The summed E-state index contributed by atoms with van der Waals surface area (Å²) < 4.78 is 7.33. The summed E-state index contributed by atoms with van der Waals surface area (Å²) in [7, 11) is 1.54. The highest BCUT2D eigenvalue weighted by Crippen LogP contribution is 2.25. The van der Waals surface area contributed by atoms with Gasteiger partial charge in [0, 0.05) is 10.0 Å². The Morgan fingerprint density at radius 3 is 2.63 bits per heavy atom. The highest BCUT2D eigenvalue weighted by atomic mass is 35.5. The molecule has 1 amide bonds.